The van der Waals surface area contributed by atoms with Crippen molar-refractivity contribution in [1.82, 2.24) is 5.32 Å². The van der Waals surface area contributed by atoms with Crippen LogP contribution < -0.4 is 5.32 Å². The van der Waals surface area contributed by atoms with Gasteiger partial charge in [-0.2, -0.15) is 5.26 Å². The number of nitriles is 1. The van der Waals surface area contributed by atoms with Crippen molar-refractivity contribution in [1.29, 1.82) is 5.26 Å². The third-order valence-corrected chi connectivity index (χ3v) is 4.08. The number of nitrogens with zero attached hydrogens (tertiary/aromatic N) is 1. The summed E-state index contributed by atoms with van der Waals surface area (Å²) in [6.07, 6.45) is 0.643. The smallest absolute Gasteiger partial charge is 0.229 e. The number of fused-ring (bicyclic) bond motifs is 1. The minimum Gasteiger partial charge on any atom is -0.340 e. The zero-order valence-corrected chi connectivity index (χ0v) is 10.5. The number of amides is 1. The van der Waals surface area contributed by atoms with Gasteiger partial charge in [0.2, 0.25) is 5.91 Å². The molecule has 17 heavy (non-hydrogen) atoms. The lowest BCUT2D eigenvalue weighted by Crippen LogP contribution is -2.37. The first kappa shape index (κ1) is 12.0. The van der Waals surface area contributed by atoms with E-state index in [2.05, 4.69) is 11.4 Å². The van der Waals surface area contributed by atoms with Gasteiger partial charge in [0.25, 0.3) is 0 Å². The molecule has 2 unspecified atom stereocenters. The van der Waals surface area contributed by atoms with Crippen LogP contribution >= 0.6 is 11.8 Å². The largest absolute Gasteiger partial charge is 0.340 e. The van der Waals surface area contributed by atoms with Crippen LogP contribution in [0.3, 0.4) is 0 Å². The van der Waals surface area contributed by atoms with Gasteiger partial charge in [0, 0.05) is 10.6 Å². The molecule has 0 saturated carbocycles. The minimum atomic E-state index is -0.375. The van der Waals surface area contributed by atoms with Gasteiger partial charge in [-0.15, -0.1) is 11.8 Å². The summed E-state index contributed by atoms with van der Waals surface area (Å²) in [5.41, 5.74) is 1.09. The van der Waals surface area contributed by atoms with Gasteiger partial charge in [-0.25, -0.2) is 0 Å². The molecule has 1 heterocycles. The van der Waals surface area contributed by atoms with Gasteiger partial charge < -0.3 is 5.32 Å². The van der Waals surface area contributed by atoms with E-state index in [0.717, 1.165) is 11.3 Å². The Bertz CT molecular complexity index is 467. The van der Waals surface area contributed by atoms with Gasteiger partial charge in [0.05, 0.1) is 12.0 Å². The molecule has 4 heteroatoms. The maximum Gasteiger partial charge on any atom is 0.229 e. The van der Waals surface area contributed by atoms with Gasteiger partial charge in [-0.1, -0.05) is 25.1 Å². The van der Waals surface area contributed by atoms with Crippen LogP contribution in [0.2, 0.25) is 0 Å². The number of thioether (sulfide) groups is 1. The van der Waals surface area contributed by atoms with Gasteiger partial charge in [-0.3, -0.25) is 4.79 Å². The summed E-state index contributed by atoms with van der Waals surface area (Å²) in [6.45, 7) is 1.89. The van der Waals surface area contributed by atoms with Crippen LogP contribution in [0.4, 0.5) is 0 Å². The molecule has 0 aliphatic carbocycles. The Morgan fingerprint density at radius 2 is 2.41 bits per heavy atom. The molecule has 2 atom stereocenters. The molecule has 3 nitrogen and oxygen atoms in total. The van der Waals surface area contributed by atoms with Gasteiger partial charge in [0.15, 0.2) is 0 Å². The van der Waals surface area contributed by atoms with Crippen molar-refractivity contribution in [2.45, 2.75) is 30.2 Å². The summed E-state index contributed by atoms with van der Waals surface area (Å²) < 4.78 is 0. The fraction of sp³-hybridized carbons (Fsp3) is 0.385. The standard InChI is InChI=1S/C13H14N2OS/c1-2-9(7-14)15-13(16)11-8-17-12-6-4-3-5-10(11)12/h3-6,9,11H,2,8H2,1H3,(H,15,16). The topological polar surface area (TPSA) is 52.9 Å². The second kappa shape index (κ2) is 5.24. The van der Waals surface area contributed by atoms with Crippen molar-refractivity contribution in [3.8, 4) is 6.07 Å². The van der Waals surface area contributed by atoms with E-state index in [1.807, 2.05) is 31.2 Å². The molecule has 1 aliphatic heterocycles. The molecule has 0 aromatic heterocycles. The highest BCUT2D eigenvalue weighted by Gasteiger charge is 2.29. The molecule has 0 radical (unpaired) electrons. The van der Waals surface area contributed by atoms with Crippen molar-refractivity contribution in [3.63, 3.8) is 0 Å². The van der Waals surface area contributed by atoms with Crippen molar-refractivity contribution in [3.05, 3.63) is 29.8 Å². The number of nitrogens with one attached hydrogen (secondary N) is 1. The van der Waals surface area contributed by atoms with Crippen LogP contribution in [-0.2, 0) is 4.79 Å². The first-order valence-corrected chi connectivity index (χ1v) is 6.66. The Morgan fingerprint density at radius 3 is 3.12 bits per heavy atom. The number of carbonyl (C=O) groups is 1. The molecule has 0 spiro atoms. The number of benzene rings is 1. The number of hydrogen-bond donors (Lipinski definition) is 1. The highest BCUT2D eigenvalue weighted by molar-refractivity contribution is 7.99. The molecule has 0 fully saturated rings. The van der Waals surface area contributed by atoms with E-state index in [9.17, 15) is 4.79 Å². The average molecular weight is 246 g/mol. The van der Waals surface area contributed by atoms with E-state index in [0.29, 0.717) is 6.42 Å². The van der Waals surface area contributed by atoms with Gasteiger partial charge >= 0.3 is 0 Å². The number of rotatable bonds is 3. The van der Waals surface area contributed by atoms with Gasteiger partial charge in [0.1, 0.15) is 6.04 Å². The summed E-state index contributed by atoms with van der Waals surface area (Å²) in [5, 5.41) is 11.6. The monoisotopic (exact) mass is 246 g/mol. The molecule has 2 rings (SSSR count). The lowest BCUT2D eigenvalue weighted by molar-refractivity contribution is -0.122. The SMILES string of the molecule is CCC(C#N)NC(=O)C1CSc2ccccc21. The lowest BCUT2D eigenvalue weighted by Gasteiger charge is -2.14. The summed E-state index contributed by atoms with van der Waals surface area (Å²) in [6, 6.07) is 9.68. The van der Waals surface area contributed by atoms with E-state index in [1.54, 1.807) is 11.8 Å². The van der Waals surface area contributed by atoms with E-state index in [-0.39, 0.29) is 17.9 Å². The Labute approximate surface area is 105 Å². The molecular weight excluding hydrogens is 232 g/mol. The third-order valence-electron chi connectivity index (χ3n) is 2.90. The zero-order chi connectivity index (χ0) is 12.3. The Balaban J connectivity index is 2.10. The molecule has 0 saturated heterocycles. The summed E-state index contributed by atoms with van der Waals surface area (Å²) >= 11 is 1.70. The number of carbonyl (C=O) groups excluding carboxylic acids is 1. The fourth-order valence-electron chi connectivity index (χ4n) is 1.88. The minimum absolute atomic E-state index is 0.0316. The molecule has 1 aromatic carbocycles. The molecular formula is C13H14N2OS. The van der Waals surface area contributed by atoms with Crippen molar-refractivity contribution >= 4 is 17.7 Å². The third kappa shape index (κ3) is 2.45. The summed E-state index contributed by atoms with van der Waals surface area (Å²) in [4.78, 5) is 13.2. The van der Waals surface area contributed by atoms with E-state index < -0.39 is 0 Å². The highest BCUT2D eigenvalue weighted by Crippen LogP contribution is 2.39. The van der Waals surface area contributed by atoms with Crippen molar-refractivity contribution in [2.75, 3.05) is 5.75 Å². The molecule has 0 bridgehead atoms. The second-order valence-corrected chi connectivity index (χ2v) is 5.06. The maximum absolute atomic E-state index is 12.1. The summed E-state index contributed by atoms with van der Waals surface area (Å²) in [7, 11) is 0. The molecule has 1 N–H and O–H groups in total. The van der Waals surface area contributed by atoms with Crippen molar-refractivity contribution < 1.29 is 4.79 Å². The first-order chi connectivity index (χ1) is 8.26. The van der Waals surface area contributed by atoms with Crippen LogP contribution in [0.25, 0.3) is 0 Å². The number of hydrogen-bond acceptors (Lipinski definition) is 3. The summed E-state index contributed by atoms with van der Waals surface area (Å²) in [5.74, 6) is 0.627. The second-order valence-electron chi connectivity index (χ2n) is 4.00. The van der Waals surface area contributed by atoms with Crippen LogP contribution in [0.15, 0.2) is 29.2 Å². The predicted molar refractivity (Wildman–Crippen MR) is 67.7 cm³/mol. The molecule has 1 amide bonds. The quantitative estimate of drug-likeness (QED) is 0.890. The fourth-order valence-corrected chi connectivity index (χ4v) is 3.11. The Hall–Kier alpha value is -1.47. The average Bonchev–Trinajstić information content (AvgIpc) is 2.79. The van der Waals surface area contributed by atoms with E-state index >= 15 is 0 Å². The van der Waals surface area contributed by atoms with E-state index in [1.165, 1.54) is 4.90 Å². The van der Waals surface area contributed by atoms with Crippen molar-refractivity contribution in [2.24, 2.45) is 0 Å². The molecule has 88 valence electrons. The first-order valence-electron chi connectivity index (χ1n) is 5.68. The van der Waals surface area contributed by atoms with Crippen LogP contribution in [-0.4, -0.2) is 17.7 Å². The van der Waals surface area contributed by atoms with Crippen LogP contribution in [0, 0.1) is 11.3 Å². The molecule has 1 aliphatic rings. The predicted octanol–water partition coefficient (Wildman–Crippen LogP) is 2.29. The molecule has 1 aromatic rings. The maximum atomic E-state index is 12.1. The van der Waals surface area contributed by atoms with Crippen LogP contribution in [0.1, 0.15) is 24.8 Å². The zero-order valence-electron chi connectivity index (χ0n) is 9.64. The Kier molecular flexibility index (Phi) is 3.70. The van der Waals surface area contributed by atoms with Gasteiger partial charge in [-0.05, 0) is 18.1 Å². The Morgan fingerprint density at radius 1 is 1.65 bits per heavy atom. The van der Waals surface area contributed by atoms with E-state index in [4.69, 9.17) is 5.26 Å². The highest BCUT2D eigenvalue weighted by atomic mass is 32.2. The van der Waals surface area contributed by atoms with Crippen LogP contribution in [0.5, 0.6) is 0 Å². The lowest BCUT2D eigenvalue weighted by atomic mass is 10.00. The normalized spacial score (nSPS) is 19.2.